The summed E-state index contributed by atoms with van der Waals surface area (Å²) in [6, 6.07) is 5.07. The van der Waals surface area contributed by atoms with Crippen molar-refractivity contribution in [3.63, 3.8) is 0 Å². The Labute approximate surface area is 229 Å². The molecule has 3 heterocycles. The van der Waals surface area contributed by atoms with E-state index in [1.54, 1.807) is 17.5 Å². The molecule has 2 unspecified atom stereocenters. The molecule has 39 heavy (non-hydrogen) atoms. The van der Waals surface area contributed by atoms with E-state index in [2.05, 4.69) is 15.6 Å². The van der Waals surface area contributed by atoms with Crippen molar-refractivity contribution in [1.29, 1.82) is 0 Å². The maximum atomic E-state index is 13.7. The monoisotopic (exact) mass is 570 g/mol. The second-order valence-corrected chi connectivity index (χ2v) is 13.5. The number of nitrogens with zero attached hydrogens (tertiary/aromatic N) is 4. The highest BCUT2D eigenvalue weighted by Gasteiger charge is 2.32. The van der Waals surface area contributed by atoms with Crippen LogP contribution in [0, 0.1) is 31.4 Å². The quantitative estimate of drug-likeness (QED) is 0.261. The number of pyridine rings is 1. The maximum absolute atomic E-state index is 13.7. The van der Waals surface area contributed by atoms with Gasteiger partial charge in [-0.25, -0.2) is 27.2 Å². The third-order valence-corrected chi connectivity index (χ3v) is 10.2. The maximum Gasteiger partial charge on any atom is 0.225 e. The van der Waals surface area contributed by atoms with Gasteiger partial charge in [0.15, 0.2) is 21.5 Å². The van der Waals surface area contributed by atoms with Crippen molar-refractivity contribution >= 4 is 43.2 Å². The average molecular weight is 571 g/mol. The summed E-state index contributed by atoms with van der Waals surface area (Å²) in [6.07, 6.45) is 6.02. The van der Waals surface area contributed by atoms with Crippen LogP contribution in [0.4, 0.5) is 20.5 Å². The topological polar surface area (TPSA) is 110 Å². The second-order valence-electron chi connectivity index (χ2n) is 10.4. The number of hydrogen-bond acceptors (Lipinski definition) is 9. The highest BCUT2D eigenvalue weighted by atomic mass is 32.2. The highest BCUT2D eigenvalue weighted by molar-refractivity contribution is 7.91. The van der Waals surface area contributed by atoms with Crippen molar-refractivity contribution in [1.82, 2.24) is 19.9 Å². The molecule has 2 fully saturated rings. The summed E-state index contributed by atoms with van der Waals surface area (Å²) >= 11 is 1.56. The molecule has 0 saturated heterocycles. The Morgan fingerprint density at radius 2 is 1.74 bits per heavy atom. The summed E-state index contributed by atoms with van der Waals surface area (Å²) in [5.41, 5.74) is 3.34. The molecule has 0 radical (unpaired) electrons. The average Bonchev–Trinajstić information content (AvgIpc) is 3.41. The van der Waals surface area contributed by atoms with Crippen molar-refractivity contribution in [2.75, 3.05) is 16.4 Å². The molecule has 2 N–H and O–H groups in total. The lowest BCUT2D eigenvalue weighted by Gasteiger charge is -2.18. The fraction of sp³-hybridized carbons (Fsp3) is 0.407. The van der Waals surface area contributed by atoms with Crippen molar-refractivity contribution in [2.45, 2.75) is 62.9 Å². The van der Waals surface area contributed by atoms with Gasteiger partial charge in [0.1, 0.15) is 16.3 Å². The van der Waals surface area contributed by atoms with Gasteiger partial charge >= 0.3 is 0 Å². The summed E-state index contributed by atoms with van der Waals surface area (Å²) in [4.78, 5) is 18.6. The lowest BCUT2D eigenvalue weighted by molar-refractivity contribution is 0.503. The van der Waals surface area contributed by atoms with Crippen LogP contribution < -0.4 is 10.6 Å². The van der Waals surface area contributed by atoms with Crippen LogP contribution in [0.2, 0.25) is 0 Å². The van der Waals surface area contributed by atoms with Crippen LogP contribution in [-0.2, 0) is 9.84 Å². The van der Waals surface area contributed by atoms with E-state index in [0.717, 1.165) is 69.6 Å². The van der Waals surface area contributed by atoms with Crippen LogP contribution >= 0.6 is 11.3 Å². The summed E-state index contributed by atoms with van der Waals surface area (Å²) in [6.45, 7) is 3.88. The Bertz CT molecular complexity index is 1670. The summed E-state index contributed by atoms with van der Waals surface area (Å²) < 4.78 is 53.9. The molecule has 2 atom stereocenters. The van der Waals surface area contributed by atoms with E-state index >= 15 is 0 Å². The number of thiazole rings is 1. The second kappa shape index (κ2) is 10.1. The highest BCUT2D eigenvalue weighted by Crippen LogP contribution is 2.39. The summed E-state index contributed by atoms with van der Waals surface area (Å²) in [5, 5.41) is 7.75. The third-order valence-electron chi connectivity index (χ3n) is 7.29. The number of sulfone groups is 1. The number of nitrogens with one attached hydrogen (secondary N) is 2. The zero-order valence-corrected chi connectivity index (χ0v) is 23.2. The van der Waals surface area contributed by atoms with Crippen molar-refractivity contribution < 1.29 is 17.2 Å². The SMILES string of the molecule is Cc1nc(NC2CC2)nc(NC2CCC(CS(=O)(=O)c3ccc(F)c(F)c3)C2)c1-c1nc2c(C)nccc2s1. The lowest BCUT2D eigenvalue weighted by Crippen LogP contribution is -2.21. The predicted octanol–water partition coefficient (Wildman–Crippen LogP) is 5.67. The van der Waals surface area contributed by atoms with Gasteiger partial charge in [0, 0.05) is 18.3 Å². The van der Waals surface area contributed by atoms with Gasteiger partial charge in [-0.1, -0.05) is 0 Å². The first-order valence-corrected chi connectivity index (χ1v) is 15.4. The number of halogens is 2. The Hall–Kier alpha value is -3.25. The van der Waals surface area contributed by atoms with Crippen LogP contribution in [0.1, 0.15) is 43.5 Å². The van der Waals surface area contributed by atoms with E-state index in [1.807, 2.05) is 19.9 Å². The zero-order valence-electron chi connectivity index (χ0n) is 21.5. The number of aromatic nitrogens is 4. The van der Waals surface area contributed by atoms with Gasteiger partial charge in [-0.3, -0.25) is 4.98 Å². The van der Waals surface area contributed by atoms with E-state index in [1.165, 1.54) is 0 Å². The summed E-state index contributed by atoms with van der Waals surface area (Å²) in [5.74, 6) is -1.23. The molecule has 12 heteroatoms. The van der Waals surface area contributed by atoms with Gasteiger partial charge < -0.3 is 10.6 Å². The molecule has 8 nitrogen and oxygen atoms in total. The lowest BCUT2D eigenvalue weighted by atomic mass is 10.1. The molecular formula is C27H28F2N6O2S2. The molecular weight excluding hydrogens is 542 g/mol. The van der Waals surface area contributed by atoms with Crippen LogP contribution in [0.3, 0.4) is 0 Å². The molecule has 6 rings (SSSR count). The normalized spacial score (nSPS) is 19.5. The largest absolute Gasteiger partial charge is 0.367 e. The molecule has 1 aromatic carbocycles. The number of hydrogen-bond donors (Lipinski definition) is 2. The first kappa shape index (κ1) is 26.0. The number of aryl methyl sites for hydroxylation is 2. The number of benzene rings is 1. The fourth-order valence-electron chi connectivity index (χ4n) is 5.12. The molecule has 4 aromatic rings. The molecule has 0 spiro atoms. The van der Waals surface area contributed by atoms with E-state index in [4.69, 9.17) is 15.0 Å². The van der Waals surface area contributed by atoms with Crippen LogP contribution in [0.5, 0.6) is 0 Å². The molecule has 2 aliphatic carbocycles. The van der Waals surface area contributed by atoms with Gasteiger partial charge in [-0.2, -0.15) is 4.98 Å². The number of fused-ring (bicyclic) bond motifs is 1. The zero-order chi connectivity index (χ0) is 27.3. The molecule has 0 bridgehead atoms. The van der Waals surface area contributed by atoms with E-state index in [-0.39, 0.29) is 22.6 Å². The number of anilines is 2. The van der Waals surface area contributed by atoms with Gasteiger partial charge in [-0.15, -0.1) is 11.3 Å². The Kier molecular flexibility index (Phi) is 6.70. The summed E-state index contributed by atoms with van der Waals surface area (Å²) in [7, 11) is -3.75. The molecule has 204 valence electrons. The van der Waals surface area contributed by atoms with Gasteiger partial charge in [-0.05, 0) is 76.1 Å². The molecule has 0 aliphatic heterocycles. The van der Waals surface area contributed by atoms with Gasteiger partial charge in [0.2, 0.25) is 5.95 Å². The van der Waals surface area contributed by atoms with Crippen molar-refractivity contribution in [2.24, 2.45) is 5.92 Å². The minimum Gasteiger partial charge on any atom is -0.367 e. The predicted molar refractivity (Wildman–Crippen MR) is 148 cm³/mol. The smallest absolute Gasteiger partial charge is 0.225 e. The minimum absolute atomic E-state index is 0.00485. The molecule has 2 saturated carbocycles. The van der Waals surface area contributed by atoms with Gasteiger partial charge in [0.05, 0.1) is 32.3 Å². The molecule has 2 aliphatic rings. The van der Waals surface area contributed by atoms with Crippen LogP contribution in [0.25, 0.3) is 20.8 Å². The Balaban J connectivity index is 1.25. The van der Waals surface area contributed by atoms with Crippen LogP contribution in [0.15, 0.2) is 35.4 Å². The van der Waals surface area contributed by atoms with Crippen LogP contribution in [-0.4, -0.2) is 46.2 Å². The van der Waals surface area contributed by atoms with E-state index < -0.39 is 21.5 Å². The fourth-order valence-corrected chi connectivity index (χ4v) is 7.91. The number of rotatable bonds is 8. The third kappa shape index (κ3) is 5.44. The first-order chi connectivity index (χ1) is 18.7. The molecule has 0 amide bonds. The van der Waals surface area contributed by atoms with E-state index in [0.29, 0.717) is 30.6 Å². The van der Waals surface area contributed by atoms with Crippen molar-refractivity contribution in [3.05, 3.63) is 53.5 Å². The van der Waals surface area contributed by atoms with Crippen molar-refractivity contribution in [3.8, 4) is 10.6 Å². The Morgan fingerprint density at radius 1 is 0.949 bits per heavy atom. The van der Waals surface area contributed by atoms with Gasteiger partial charge in [0.25, 0.3) is 0 Å². The van der Waals surface area contributed by atoms with E-state index in [9.17, 15) is 17.2 Å². The standard InChI is InChI=1S/C27H28F2N6O2S2/c1-14-23(26-34-24-15(2)30-10-9-22(24)38-26)25(35-27(31-14)33-17-5-6-17)32-18-4-3-16(11-18)13-39(36,37)19-7-8-20(28)21(29)12-19/h7-10,12,16-18H,3-6,11,13H2,1-2H3,(H2,31,32,33,35). The Morgan fingerprint density at radius 3 is 2.49 bits per heavy atom. The molecule has 3 aromatic heterocycles. The first-order valence-electron chi connectivity index (χ1n) is 13.0. The minimum atomic E-state index is -3.75.